The normalized spacial score (nSPS) is 10.6. The molecule has 0 amide bonds. The number of halogens is 2. The highest BCUT2D eigenvalue weighted by Gasteiger charge is 2.12. The Hall–Kier alpha value is -2.57. The molecule has 0 aliphatic heterocycles. The number of carboxylic acid groups (broad SMARTS) is 1. The van der Waals surface area contributed by atoms with Gasteiger partial charge in [0.15, 0.2) is 0 Å². The molecule has 2 aromatic rings. The van der Waals surface area contributed by atoms with Gasteiger partial charge in [-0.1, -0.05) is 0 Å². The van der Waals surface area contributed by atoms with E-state index >= 15 is 0 Å². The number of benzene rings is 1. The van der Waals surface area contributed by atoms with E-state index in [4.69, 9.17) is 5.11 Å². The Morgan fingerprint density at radius 3 is 2.43 bits per heavy atom. The third kappa shape index (κ3) is 3.71. The van der Waals surface area contributed by atoms with Crippen molar-refractivity contribution in [2.45, 2.75) is 19.8 Å². The molecule has 2 N–H and O–H groups in total. The van der Waals surface area contributed by atoms with Gasteiger partial charge in [-0.15, -0.1) is 0 Å². The third-order valence-electron chi connectivity index (χ3n) is 2.89. The summed E-state index contributed by atoms with van der Waals surface area (Å²) in [7, 11) is 0. The number of H-pyrrole nitrogens is 1. The molecule has 1 heterocycles. The average Bonchev–Trinajstić information content (AvgIpc) is 2.32. The van der Waals surface area contributed by atoms with Crippen molar-refractivity contribution >= 4 is 5.97 Å². The van der Waals surface area contributed by atoms with Gasteiger partial charge in [0, 0.05) is 23.7 Å². The van der Waals surface area contributed by atoms with E-state index in [9.17, 15) is 18.4 Å². The van der Waals surface area contributed by atoms with Crippen LogP contribution < -0.4 is 5.56 Å². The van der Waals surface area contributed by atoms with Crippen LogP contribution in [0.1, 0.15) is 22.6 Å². The van der Waals surface area contributed by atoms with Gasteiger partial charge in [0.05, 0.1) is 6.42 Å². The van der Waals surface area contributed by atoms with Gasteiger partial charge in [-0.3, -0.25) is 9.59 Å². The summed E-state index contributed by atoms with van der Waals surface area (Å²) in [6.07, 6.45) is -0.388. The lowest BCUT2D eigenvalue weighted by atomic mass is 10.1. The minimum Gasteiger partial charge on any atom is -0.481 e. The molecule has 0 radical (unpaired) electrons. The minimum atomic E-state index is -1.13. The molecule has 0 atom stereocenters. The first-order valence-corrected chi connectivity index (χ1v) is 6.10. The number of aromatic amines is 1. The van der Waals surface area contributed by atoms with Crippen LogP contribution >= 0.6 is 0 Å². The number of hydrogen-bond donors (Lipinski definition) is 2. The molecule has 0 aliphatic carbocycles. The molecule has 0 fully saturated rings. The minimum absolute atomic E-state index is 0.0398. The van der Waals surface area contributed by atoms with Crippen molar-refractivity contribution in [1.82, 2.24) is 9.97 Å². The molecule has 0 unspecified atom stereocenters. The number of carbonyl (C=O) groups is 1. The second kappa shape index (κ2) is 5.82. The largest absolute Gasteiger partial charge is 0.481 e. The van der Waals surface area contributed by atoms with Crippen LogP contribution in [-0.2, 0) is 17.6 Å². The van der Waals surface area contributed by atoms with Crippen molar-refractivity contribution in [3.05, 3.63) is 62.8 Å². The standard InChI is InChI=1S/C14H12F2N2O3/c1-7-11(6-13(19)20)14(21)18-12(17-7)4-8-2-9(15)5-10(16)3-8/h2-3,5H,4,6H2,1H3,(H,19,20)(H,17,18,21). The van der Waals surface area contributed by atoms with E-state index < -0.39 is 29.6 Å². The van der Waals surface area contributed by atoms with Crippen LogP contribution in [0, 0.1) is 18.6 Å². The number of rotatable bonds is 4. The Kier molecular flexibility index (Phi) is 4.11. The molecular weight excluding hydrogens is 282 g/mol. The maximum Gasteiger partial charge on any atom is 0.308 e. The maximum absolute atomic E-state index is 13.1. The highest BCUT2D eigenvalue weighted by Crippen LogP contribution is 2.11. The molecule has 0 spiro atoms. The van der Waals surface area contributed by atoms with Crippen LogP contribution in [0.5, 0.6) is 0 Å². The SMILES string of the molecule is Cc1nc(Cc2cc(F)cc(F)c2)[nH]c(=O)c1CC(=O)O. The maximum atomic E-state index is 13.1. The fraction of sp³-hybridized carbons (Fsp3) is 0.214. The van der Waals surface area contributed by atoms with Crippen molar-refractivity contribution < 1.29 is 18.7 Å². The quantitative estimate of drug-likeness (QED) is 0.896. The van der Waals surface area contributed by atoms with Gasteiger partial charge < -0.3 is 10.1 Å². The van der Waals surface area contributed by atoms with E-state index in [1.54, 1.807) is 0 Å². The molecule has 110 valence electrons. The highest BCUT2D eigenvalue weighted by molar-refractivity contribution is 5.70. The molecule has 1 aromatic heterocycles. The van der Waals surface area contributed by atoms with E-state index in [2.05, 4.69) is 9.97 Å². The van der Waals surface area contributed by atoms with Gasteiger partial charge in [-0.25, -0.2) is 13.8 Å². The lowest BCUT2D eigenvalue weighted by Crippen LogP contribution is -2.21. The van der Waals surface area contributed by atoms with Crippen molar-refractivity contribution in [3.8, 4) is 0 Å². The van der Waals surface area contributed by atoms with Gasteiger partial charge in [-0.2, -0.15) is 0 Å². The van der Waals surface area contributed by atoms with Crippen LogP contribution in [0.25, 0.3) is 0 Å². The van der Waals surface area contributed by atoms with Crippen LogP contribution in [0.15, 0.2) is 23.0 Å². The van der Waals surface area contributed by atoms with Crippen molar-refractivity contribution in [2.24, 2.45) is 0 Å². The summed E-state index contributed by atoms with van der Waals surface area (Å²) in [5, 5.41) is 8.72. The lowest BCUT2D eigenvalue weighted by Gasteiger charge is -2.06. The number of nitrogens with one attached hydrogen (secondary N) is 1. The summed E-state index contributed by atoms with van der Waals surface area (Å²) >= 11 is 0. The first-order valence-electron chi connectivity index (χ1n) is 6.10. The molecule has 7 heteroatoms. The van der Waals surface area contributed by atoms with Crippen molar-refractivity contribution in [3.63, 3.8) is 0 Å². The van der Waals surface area contributed by atoms with E-state index in [0.717, 1.165) is 18.2 Å². The van der Waals surface area contributed by atoms with Gasteiger partial charge in [-0.05, 0) is 24.6 Å². The molecule has 0 saturated heterocycles. The molecule has 0 bridgehead atoms. The predicted molar refractivity (Wildman–Crippen MR) is 70.1 cm³/mol. The van der Waals surface area contributed by atoms with Gasteiger partial charge in [0.25, 0.3) is 5.56 Å². The molecular formula is C14H12F2N2O3. The van der Waals surface area contributed by atoms with Crippen molar-refractivity contribution in [2.75, 3.05) is 0 Å². The summed E-state index contributed by atoms with van der Waals surface area (Å²) in [5.41, 5.74) is 0.113. The fourth-order valence-corrected chi connectivity index (χ4v) is 2.02. The number of hydrogen-bond acceptors (Lipinski definition) is 3. The molecule has 0 aliphatic rings. The first-order chi connectivity index (χ1) is 9.85. The van der Waals surface area contributed by atoms with E-state index in [-0.39, 0.29) is 23.5 Å². The van der Waals surface area contributed by atoms with Crippen molar-refractivity contribution in [1.29, 1.82) is 0 Å². The van der Waals surface area contributed by atoms with E-state index in [1.807, 2.05) is 0 Å². The zero-order valence-corrected chi connectivity index (χ0v) is 11.1. The van der Waals surface area contributed by atoms with E-state index in [0.29, 0.717) is 5.56 Å². The Morgan fingerprint density at radius 1 is 1.29 bits per heavy atom. The zero-order chi connectivity index (χ0) is 15.6. The average molecular weight is 294 g/mol. The summed E-state index contributed by atoms with van der Waals surface area (Å²) < 4.78 is 26.2. The van der Waals surface area contributed by atoms with Crippen LogP contribution in [0.3, 0.4) is 0 Å². The second-order valence-corrected chi connectivity index (χ2v) is 4.60. The van der Waals surface area contributed by atoms with E-state index in [1.165, 1.54) is 6.92 Å². The number of carboxylic acids is 1. The van der Waals surface area contributed by atoms with Crippen LogP contribution in [-0.4, -0.2) is 21.0 Å². The predicted octanol–water partition coefficient (Wildman–Crippen LogP) is 1.57. The number of aryl methyl sites for hydroxylation is 1. The van der Waals surface area contributed by atoms with Gasteiger partial charge in [0.1, 0.15) is 17.5 Å². The van der Waals surface area contributed by atoms with Gasteiger partial charge in [0.2, 0.25) is 0 Å². The Bertz CT molecular complexity index is 736. The fourth-order valence-electron chi connectivity index (χ4n) is 2.02. The lowest BCUT2D eigenvalue weighted by molar-refractivity contribution is -0.136. The summed E-state index contributed by atoms with van der Waals surface area (Å²) in [4.78, 5) is 29.0. The second-order valence-electron chi connectivity index (χ2n) is 4.60. The number of aromatic nitrogens is 2. The number of nitrogens with zero attached hydrogens (tertiary/aromatic N) is 1. The molecule has 1 aromatic carbocycles. The molecule has 5 nitrogen and oxygen atoms in total. The molecule has 2 rings (SSSR count). The Labute approximate surface area is 118 Å². The summed E-state index contributed by atoms with van der Waals surface area (Å²) in [6, 6.07) is 3.04. The topological polar surface area (TPSA) is 83.0 Å². The van der Waals surface area contributed by atoms with Crippen LogP contribution in [0.4, 0.5) is 8.78 Å². The highest BCUT2D eigenvalue weighted by atomic mass is 19.1. The molecule has 21 heavy (non-hydrogen) atoms. The first kappa shape index (κ1) is 14.8. The summed E-state index contributed by atoms with van der Waals surface area (Å²) in [6.45, 7) is 1.52. The van der Waals surface area contributed by atoms with Gasteiger partial charge >= 0.3 is 5.97 Å². The zero-order valence-electron chi connectivity index (χ0n) is 11.1. The Balaban J connectivity index is 2.33. The number of aliphatic carboxylic acids is 1. The smallest absolute Gasteiger partial charge is 0.308 e. The third-order valence-corrected chi connectivity index (χ3v) is 2.89. The molecule has 0 saturated carbocycles. The van der Waals surface area contributed by atoms with Crippen LogP contribution in [0.2, 0.25) is 0 Å². The summed E-state index contributed by atoms with van der Waals surface area (Å²) in [5.74, 6) is -2.35. The monoisotopic (exact) mass is 294 g/mol. The Morgan fingerprint density at radius 2 is 1.90 bits per heavy atom.